The van der Waals surface area contributed by atoms with Crippen LogP contribution in [0.3, 0.4) is 0 Å². The van der Waals surface area contributed by atoms with Crippen molar-refractivity contribution in [3.63, 3.8) is 0 Å². The number of aromatic amines is 1. The van der Waals surface area contributed by atoms with E-state index in [-0.39, 0.29) is 5.56 Å². The molecule has 25 heavy (non-hydrogen) atoms. The minimum atomic E-state index is 0.00557. The lowest BCUT2D eigenvalue weighted by molar-refractivity contribution is 0.415. The number of aromatic nitrogens is 3. The van der Waals surface area contributed by atoms with Gasteiger partial charge < -0.3 is 4.74 Å². The molecule has 0 unspecified atom stereocenters. The van der Waals surface area contributed by atoms with Gasteiger partial charge in [-0.1, -0.05) is 26.0 Å². The van der Waals surface area contributed by atoms with Crippen LogP contribution in [0.15, 0.2) is 29.1 Å². The summed E-state index contributed by atoms with van der Waals surface area (Å²) >= 11 is 0. The van der Waals surface area contributed by atoms with Gasteiger partial charge in [0.05, 0.1) is 7.11 Å². The molecular formula is C20H25N3O2. The number of nitrogens with zero attached hydrogens (tertiary/aromatic N) is 2. The number of H-pyrrole nitrogens is 1. The number of methoxy groups -OCH3 is 1. The van der Waals surface area contributed by atoms with Gasteiger partial charge in [0, 0.05) is 22.5 Å². The van der Waals surface area contributed by atoms with Crippen LogP contribution in [-0.2, 0) is 6.42 Å². The van der Waals surface area contributed by atoms with Crippen LogP contribution < -0.4 is 10.3 Å². The highest BCUT2D eigenvalue weighted by molar-refractivity contribution is 5.80. The van der Waals surface area contributed by atoms with Crippen molar-refractivity contribution in [3.05, 3.63) is 51.6 Å². The molecule has 0 radical (unpaired) electrons. The third-order valence-corrected chi connectivity index (χ3v) is 4.61. The molecule has 2 heterocycles. The highest BCUT2D eigenvalue weighted by Gasteiger charge is 2.17. The van der Waals surface area contributed by atoms with Crippen molar-refractivity contribution in [2.75, 3.05) is 7.11 Å². The minimum absolute atomic E-state index is 0.00557. The molecule has 1 N–H and O–H groups in total. The fraction of sp³-hybridized carbons (Fsp3) is 0.400. The largest absolute Gasteiger partial charge is 0.497 e. The zero-order chi connectivity index (χ0) is 18.1. The maximum absolute atomic E-state index is 12.9. The average molecular weight is 339 g/mol. The van der Waals surface area contributed by atoms with Crippen molar-refractivity contribution in [2.45, 2.75) is 40.5 Å². The summed E-state index contributed by atoms with van der Waals surface area (Å²) in [5.41, 5.74) is 5.20. The summed E-state index contributed by atoms with van der Waals surface area (Å²) in [7, 11) is 1.65. The van der Waals surface area contributed by atoms with Crippen molar-refractivity contribution in [1.29, 1.82) is 0 Å². The zero-order valence-electron chi connectivity index (χ0n) is 15.5. The minimum Gasteiger partial charge on any atom is -0.497 e. The SMILES string of the molecule is COc1ccc(-c2c(C)[nH]n3c(=O)c(CCC(C)C)c(C)nc23)cc1. The Labute approximate surface area is 147 Å². The standard InChI is InChI=1S/C20H25N3O2/c1-12(2)6-11-17-13(3)21-19-18(14(4)22-23(19)20(17)24)15-7-9-16(25-5)10-8-15/h7-10,12,22H,6,11H2,1-5H3. The molecule has 3 rings (SSSR count). The van der Waals surface area contributed by atoms with Gasteiger partial charge in [-0.05, 0) is 50.3 Å². The molecule has 0 fully saturated rings. The third-order valence-electron chi connectivity index (χ3n) is 4.61. The van der Waals surface area contributed by atoms with E-state index in [1.54, 1.807) is 11.6 Å². The Kier molecular flexibility index (Phi) is 4.66. The molecule has 0 saturated carbocycles. The number of benzene rings is 1. The second-order valence-electron chi connectivity index (χ2n) is 6.91. The van der Waals surface area contributed by atoms with Crippen LogP contribution in [-0.4, -0.2) is 21.7 Å². The highest BCUT2D eigenvalue weighted by Crippen LogP contribution is 2.28. The quantitative estimate of drug-likeness (QED) is 0.767. The van der Waals surface area contributed by atoms with Gasteiger partial charge in [-0.2, -0.15) is 0 Å². The molecule has 0 atom stereocenters. The molecule has 3 aromatic rings. The summed E-state index contributed by atoms with van der Waals surface area (Å²) in [6.45, 7) is 8.23. The summed E-state index contributed by atoms with van der Waals surface area (Å²) < 4.78 is 6.81. The molecular weight excluding hydrogens is 314 g/mol. The second-order valence-corrected chi connectivity index (χ2v) is 6.91. The maximum atomic E-state index is 12.9. The van der Waals surface area contributed by atoms with E-state index in [2.05, 4.69) is 18.9 Å². The van der Waals surface area contributed by atoms with Gasteiger partial charge >= 0.3 is 0 Å². The van der Waals surface area contributed by atoms with Gasteiger partial charge in [0.25, 0.3) is 5.56 Å². The molecule has 0 amide bonds. The van der Waals surface area contributed by atoms with Gasteiger partial charge in [-0.3, -0.25) is 9.89 Å². The number of aryl methyl sites for hydroxylation is 2. The first-order chi connectivity index (χ1) is 11.9. The summed E-state index contributed by atoms with van der Waals surface area (Å²) in [4.78, 5) is 17.7. The van der Waals surface area contributed by atoms with E-state index in [1.807, 2.05) is 38.1 Å². The maximum Gasteiger partial charge on any atom is 0.276 e. The Hall–Kier alpha value is -2.56. The number of hydrogen-bond donors (Lipinski definition) is 1. The van der Waals surface area contributed by atoms with E-state index in [0.29, 0.717) is 11.6 Å². The Morgan fingerprint density at radius 1 is 1.20 bits per heavy atom. The predicted molar refractivity (Wildman–Crippen MR) is 100 cm³/mol. The van der Waals surface area contributed by atoms with E-state index >= 15 is 0 Å². The van der Waals surface area contributed by atoms with Gasteiger partial charge in [0.2, 0.25) is 0 Å². The topological polar surface area (TPSA) is 59.4 Å². The number of fused-ring (bicyclic) bond motifs is 1. The predicted octanol–water partition coefficient (Wildman–Crippen LogP) is 3.90. The molecule has 1 aromatic carbocycles. The van der Waals surface area contributed by atoms with Gasteiger partial charge in [-0.15, -0.1) is 0 Å². The van der Waals surface area contributed by atoms with E-state index < -0.39 is 0 Å². The highest BCUT2D eigenvalue weighted by atomic mass is 16.5. The monoisotopic (exact) mass is 339 g/mol. The van der Waals surface area contributed by atoms with E-state index in [1.165, 1.54) is 0 Å². The van der Waals surface area contributed by atoms with Crippen molar-refractivity contribution in [2.24, 2.45) is 5.92 Å². The molecule has 0 bridgehead atoms. The molecule has 132 valence electrons. The summed E-state index contributed by atoms with van der Waals surface area (Å²) in [5, 5.41) is 3.19. The average Bonchev–Trinajstić information content (AvgIpc) is 2.91. The molecule has 5 heteroatoms. The second kappa shape index (κ2) is 6.75. The fourth-order valence-corrected chi connectivity index (χ4v) is 3.15. The fourth-order valence-electron chi connectivity index (χ4n) is 3.15. The van der Waals surface area contributed by atoms with Crippen LogP contribution in [0.4, 0.5) is 0 Å². The Bertz CT molecular complexity index is 950. The van der Waals surface area contributed by atoms with Crippen LogP contribution >= 0.6 is 0 Å². The van der Waals surface area contributed by atoms with Crippen LogP contribution in [0, 0.1) is 19.8 Å². The van der Waals surface area contributed by atoms with Crippen LogP contribution in [0.1, 0.15) is 37.2 Å². The summed E-state index contributed by atoms with van der Waals surface area (Å²) in [6.07, 6.45) is 1.74. The first kappa shape index (κ1) is 17.3. The van der Waals surface area contributed by atoms with Crippen molar-refractivity contribution in [3.8, 4) is 16.9 Å². The molecule has 2 aromatic heterocycles. The lowest BCUT2D eigenvalue weighted by Gasteiger charge is -2.08. The summed E-state index contributed by atoms with van der Waals surface area (Å²) in [6, 6.07) is 7.81. The van der Waals surface area contributed by atoms with E-state index in [0.717, 1.165) is 46.7 Å². The molecule has 0 saturated heterocycles. The van der Waals surface area contributed by atoms with E-state index in [4.69, 9.17) is 9.72 Å². The first-order valence-corrected chi connectivity index (χ1v) is 8.67. The third kappa shape index (κ3) is 3.18. The Morgan fingerprint density at radius 2 is 1.88 bits per heavy atom. The normalized spacial score (nSPS) is 11.4. The zero-order valence-corrected chi connectivity index (χ0v) is 15.5. The lowest BCUT2D eigenvalue weighted by atomic mass is 10.0. The smallest absolute Gasteiger partial charge is 0.276 e. The van der Waals surface area contributed by atoms with Gasteiger partial charge in [-0.25, -0.2) is 9.50 Å². The lowest BCUT2D eigenvalue weighted by Crippen LogP contribution is -2.22. The molecule has 5 nitrogen and oxygen atoms in total. The number of ether oxygens (including phenoxy) is 1. The number of hydrogen-bond acceptors (Lipinski definition) is 3. The molecule has 0 aliphatic carbocycles. The van der Waals surface area contributed by atoms with Crippen molar-refractivity contribution >= 4 is 5.65 Å². The first-order valence-electron chi connectivity index (χ1n) is 8.67. The molecule has 0 aliphatic heterocycles. The van der Waals surface area contributed by atoms with Crippen LogP contribution in [0.2, 0.25) is 0 Å². The summed E-state index contributed by atoms with van der Waals surface area (Å²) in [5.74, 6) is 1.36. The van der Waals surface area contributed by atoms with Crippen LogP contribution in [0.5, 0.6) is 5.75 Å². The van der Waals surface area contributed by atoms with Gasteiger partial charge in [0.15, 0.2) is 5.65 Å². The number of nitrogens with one attached hydrogen (secondary N) is 1. The van der Waals surface area contributed by atoms with E-state index in [9.17, 15) is 4.79 Å². The van der Waals surface area contributed by atoms with Gasteiger partial charge in [0.1, 0.15) is 5.75 Å². The number of rotatable bonds is 5. The van der Waals surface area contributed by atoms with Crippen molar-refractivity contribution < 1.29 is 4.74 Å². The molecule has 0 aliphatic rings. The van der Waals surface area contributed by atoms with Crippen LogP contribution in [0.25, 0.3) is 16.8 Å². The molecule has 0 spiro atoms. The van der Waals surface area contributed by atoms with Crippen molar-refractivity contribution in [1.82, 2.24) is 14.6 Å². The Balaban J connectivity index is 2.15. The Morgan fingerprint density at radius 3 is 2.48 bits per heavy atom.